The van der Waals surface area contributed by atoms with E-state index in [2.05, 4.69) is 28.8 Å². The van der Waals surface area contributed by atoms with Crippen molar-refractivity contribution in [2.24, 2.45) is 0 Å². The second kappa shape index (κ2) is 5.87. The lowest BCUT2D eigenvalue weighted by Gasteiger charge is -2.05. The van der Waals surface area contributed by atoms with E-state index in [-0.39, 0.29) is 18.3 Å². The van der Waals surface area contributed by atoms with E-state index in [4.69, 9.17) is 0 Å². The molecule has 1 aliphatic heterocycles. The molecule has 1 aromatic rings. The fraction of sp³-hybridized carbons (Fsp3) is 0.417. The summed E-state index contributed by atoms with van der Waals surface area (Å²) < 4.78 is 0. The molecule has 1 aliphatic rings. The third-order valence-corrected chi connectivity index (χ3v) is 2.71. The number of benzene rings is 1. The molecule has 3 nitrogen and oxygen atoms in total. The third-order valence-electron chi connectivity index (χ3n) is 2.71. The Labute approximate surface area is 102 Å². The van der Waals surface area contributed by atoms with Crippen molar-refractivity contribution >= 4 is 18.3 Å². The van der Waals surface area contributed by atoms with E-state index in [0.29, 0.717) is 13.0 Å². The number of nitrogens with one attached hydrogen (secondary N) is 2. The van der Waals surface area contributed by atoms with Gasteiger partial charge in [-0.3, -0.25) is 4.79 Å². The molecule has 2 N–H and O–H groups in total. The van der Waals surface area contributed by atoms with Gasteiger partial charge in [0.15, 0.2) is 0 Å². The summed E-state index contributed by atoms with van der Waals surface area (Å²) in [6, 6.07) is 6.40. The second-order valence-electron chi connectivity index (χ2n) is 3.84. The van der Waals surface area contributed by atoms with Crippen LogP contribution in [0.25, 0.3) is 0 Å². The highest BCUT2D eigenvalue weighted by atomic mass is 35.5. The van der Waals surface area contributed by atoms with Gasteiger partial charge in [0.2, 0.25) is 5.91 Å². The van der Waals surface area contributed by atoms with Crippen molar-refractivity contribution in [3.8, 4) is 0 Å². The highest BCUT2D eigenvalue weighted by Crippen LogP contribution is 2.16. The molecule has 88 valence electrons. The molecular formula is C12H17ClN2O. The van der Waals surface area contributed by atoms with Crippen LogP contribution in [0.4, 0.5) is 0 Å². The standard InChI is InChI=1S/C12H16N2O.ClH/c1-2-12(15)14-6-9-3-4-10-7-13-8-11(10)5-9;/h3-5,13H,2,6-8H2,1H3,(H,14,15);1H. The van der Waals surface area contributed by atoms with Crippen LogP contribution in [-0.4, -0.2) is 5.91 Å². The summed E-state index contributed by atoms with van der Waals surface area (Å²) in [5.41, 5.74) is 3.91. The molecular weight excluding hydrogens is 224 g/mol. The molecule has 16 heavy (non-hydrogen) atoms. The van der Waals surface area contributed by atoms with Crippen LogP contribution in [0.15, 0.2) is 18.2 Å². The van der Waals surface area contributed by atoms with Gasteiger partial charge in [-0.1, -0.05) is 25.1 Å². The molecule has 0 unspecified atom stereocenters. The molecule has 2 rings (SSSR count). The lowest BCUT2D eigenvalue weighted by molar-refractivity contribution is -0.120. The van der Waals surface area contributed by atoms with Crippen LogP contribution in [0.3, 0.4) is 0 Å². The predicted octanol–water partition coefficient (Wildman–Crippen LogP) is 1.74. The summed E-state index contributed by atoms with van der Waals surface area (Å²) in [4.78, 5) is 11.1. The Bertz CT molecular complexity index is 379. The molecule has 1 aromatic carbocycles. The van der Waals surface area contributed by atoms with Gasteiger partial charge in [0, 0.05) is 26.1 Å². The average Bonchev–Trinajstić information content (AvgIpc) is 2.72. The molecule has 0 spiro atoms. The second-order valence-corrected chi connectivity index (χ2v) is 3.84. The van der Waals surface area contributed by atoms with Gasteiger partial charge in [0.1, 0.15) is 0 Å². The van der Waals surface area contributed by atoms with Gasteiger partial charge in [0.25, 0.3) is 0 Å². The maximum Gasteiger partial charge on any atom is 0.219 e. The molecule has 1 heterocycles. The van der Waals surface area contributed by atoms with Crippen molar-refractivity contribution in [1.29, 1.82) is 0 Å². The molecule has 4 heteroatoms. The largest absolute Gasteiger partial charge is 0.352 e. The van der Waals surface area contributed by atoms with E-state index < -0.39 is 0 Å². The number of hydrogen-bond acceptors (Lipinski definition) is 2. The number of halogens is 1. The van der Waals surface area contributed by atoms with Gasteiger partial charge in [-0.2, -0.15) is 0 Å². The predicted molar refractivity (Wildman–Crippen MR) is 66.4 cm³/mol. The minimum absolute atomic E-state index is 0. The third kappa shape index (κ3) is 2.97. The number of fused-ring (bicyclic) bond motifs is 1. The van der Waals surface area contributed by atoms with Crippen LogP contribution < -0.4 is 10.6 Å². The van der Waals surface area contributed by atoms with Gasteiger partial charge >= 0.3 is 0 Å². The molecule has 0 radical (unpaired) electrons. The number of hydrogen-bond donors (Lipinski definition) is 2. The van der Waals surface area contributed by atoms with Gasteiger partial charge in [-0.05, 0) is 16.7 Å². The Balaban J connectivity index is 0.00000128. The van der Waals surface area contributed by atoms with Crippen molar-refractivity contribution in [2.45, 2.75) is 33.0 Å². The molecule has 0 fully saturated rings. The first-order chi connectivity index (χ1) is 7.29. The van der Waals surface area contributed by atoms with Crippen molar-refractivity contribution in [1.82, 2.24) is 10.6 Å². The zero-order valence-corrected chi connectivity index (χ0v) is 10.2. The summed E-state index contributed by atoms with van der Waals surface area (Å²) >= 11 is 0. The Kier molecular flexibility index (Phi) is 4.77. The lowest BCUT2D eigenvalue weighted by atomic mass is 10.1. The highest BCUT2D eigenvalue weighted by Gasteiger charge is 2.09. The monoisotopic (exact) mass is 240 g/mol. The fourth-order valence-electron chi connectivity index (χ4n) is 1.78. The minimum atomic E-state index is 0. The normalized spacial score (nSPS) is 12.8. The average molecular weight is 241 g/mol. The summed E-state index contributed by atoms with van der Waals surface area (Å²) in [6.45, 7) is 4.42. The van der Waals surface area contributed by atoms with Crippen LogP contribution in [0.1, 0.15) is 30.0 Å². The van der Waals surface area contributed by atoms with Crippen molar-refractivity contribution in [3.63, 3.8) is 0 Å². The van der Waals surface area contributed by atoms with Crippen molar-refractivity contribution in [3.05, 3.63) is 34.9 Å². The van der Waals surface area contributed by atoms with Gasteiger partial charge in [0.05, 0.1) is 0 Å². The first-order valence-electron chi connectivity index (χ1n) is 5.37. The lowest BCUT2D eigenvalue weighted by Crippen LogP contribution is -2.21. The van der Waals surface area contributed by atoms with Crippen LogP contribution in [-0.2, 0) is 24.4 Å². The number of carbonyl (C=O) groups excluding carboxylic acids is 1. The zero-order chi connectivity index (χ0) is 10.7. The quantitative estimate of drug-likeness (QED) is 0.845. The van der Waals surface area contributed by atoms with Gasteiger partial charge in [-0.25, -0.2) is 0 Å². The van der Waals surface area contributed by atoms with Crippen LogP contribution in [0, 0.1) is 0 Å². The maximum atomic E-state index is 11.1. The Morgan fingerprint density at radius 2 is 2.12 bits per heavy atom. The SMILES string of the molecule is CCC(=O)NCc1ccc2c(c1)CNC2.Cl. The van der Waals surface area contributed by atoms with Gasteiger partial charge < -0.3 is 10.6 Å². The van der Waals surface area contributed by atoms with Crippen LogP contribution in [0.5, 0.6) is 0 Å². The Hall–Kier alpha value is -1.06. The summed E-state index contributed by atoms with van der Waals surface area (Å²) in [6.07, 6.45) is 0.548. The number of amides is 1. The fourth-order valence-corrected chi connectivity index (χ4v) is 1.78. The maximum absolute atomic E-state index is 11.1. The smallest absolute Gasteiger partial charge is 0.219 e. The van der Waals surface area contributed by atoms with Crippen LogP contribution >= 0.6 is 12.4 Å². The van der Waals surface area contributed by atoms with Gasteiger partial charge in [-0.15, -0.1) is 12.4 Å². The minimum Gasteiger partial charge on any atom is -0.352 e. The van der Waals surface area contributed by atoms with E-state index in [1.54, 1.807) is 0 Å². The van der Waals surface area contributed by atoms with E-state index in [1.165, 1.54) is 16.7 Å². The molecule has 0 atom stereocenters. The Morgan fingerprint density at radius 1 is 1.38 bits per heavy atom. The molecule has 0 bridgehead atoms. The summed E-state index contributed by atoms with van der Waals surface area (Å²) in [5, 5.41) is 6.18. The van der Waals surface area contributed by atoms with Crippen molar-refractivity contribution < 1.29 is 4.79 Å². The van der Waals surface area contributed by atoms with E-state index >= 15 is 0 Å². The molecule has 0 saturated heterocycles. The summed E-state index contributed by atoms with van der Waals surface area (Å²) in [7, 11) is 0. The van der Waals surface area contributed by atoms with E-state index in [1.807, 2.05) is 6.92 Å². The number of carbonyl (C=O) groups is 1. The first-order valence-corrected chi connectivity index (χ1v) is 5.37. The zero-order valence-electron chi connectivity index (χ0n) is 9.38. The first kappa shape index (κ1) is 13.0. The highest BCUT2D eigenvalue weighted by molar-refractivity contribution is 5.85. The van der Waals surface area contributed by atoms with E-state index in [9.17, 15) is 4.79 Å². The van der Waals surface area contributed by atoms with E-state index in [0.717, 1.165) is 13.1 Å². The molecule has 1 amide bonds. The molecule has 0 aliphatic carbocycles. The Morgan fingerprint density at radius 3 is 2.88 bits per heavy atom. The van der Waals surface area contributed by atoms with Crippen LogP contribution in [0.2, 0.25) is 0 Å². The molecule has 0 saturated carbocycles. The topological polar surface area (TPSA) is 41.1 Å². The molecule has 0 aromatic heterocycles. The number of rotatable bonds is 3. The van der Waals surface area contributed by atoms with Crippen molar-refractivity contribution in [2.75, 3.05) is 0 Å². The summed E-state index contributed by atoms with van der Waals surface area (Å²) in [5.74, 6) is 0.105.